The normalized spacial score (nSPS) is 10.4. The maximum Gasteiger partial charge on any atom is 0.229 e. The molecule has 0 aliphatic carbocycles. The van der Waals surface area contributed by atoms with E-state index in [1.54, 1.807) is 62.4 Å². The van der Waals surface area contributed by atoms with Crippen molar-refractivity contribution in [3.63, 3.8) is 0 Å². The Kier molecular flexibility index (Phi) is 14.1. The van der Waals surface area contributed by atoms with Gasteiger partial charge < -0.3 is 15.5 Å². The molecular formula is C38H33ClF2N4O3. The lowest BCUT2D eigenvalue weighted by Crippen LogP contribution is -2.12. The molecule has 1 aromatic heterocycles. The first-order valence-electron chi connectivity index (χ1n) is 14.7. The Balaban J connectivity index is 0.000000226. The molecule has 244 valence electrons. The molecule has 48 heavy (non-hydrogen) atoms. The van der Waals surface area contributed by atoms with Crippen molar-refractivity contribution in [2.24, 2.45) is 16.8 Å². The SMILES string of the molecule is CC(C)C(=O)Cl.CC(C)c1nc(-c2ccc(C#Cc3cccc(F)c3)cc2)no1.N/C(=N\O)c1ccc(C#Cc2cccc(F)c2)cc1. The first kappa shape index (κ1) is 36.7. The van der Waals surface area contributed by atoms with Crippen LogP contribution in [0.3, 0.4) is 0 Å². The predicted molar refractivity (Wildman–Crippen MR) is 183 cm³/mol. The Bertz CT molecular complexity index is 1970. The zero-order valence-corrected chi connectivity index (χ0v) is 27.5. The van der Waals surface area contributed by atoms with Gasteiger partial charge in [0.2, 0.25) is 17.0 Å². The number of nitrogens with two attached hydrogens (primary N) is 1. The second-order valence-electron chi connectivity index (χ2n) is 10.7. The number of rotatable bonds is 4. The minimum absolute atomic E-state index is 0.0216. The summed E-state index contributed by atoms with van der Waals surface area (Å²) in [5.74, 6) is 12.5. The van der Waals surface area contributed by atoms with Gasteiger partial charge >= 0.3 is 0 Å². The molecule has 0 aliphatic rings. The van der Waals surface area contributed by atoms with Crippen LogP contribution < -0.4 is 5.73 Å². The lowest BCUT2D eigenvalue weighted by Gasteiger charge is -1.97. The van der Waals surface area contributed by atoms with E-state index in [4.69, 9.17) is 27.1 Å². The number of aromatic nitrogens is 2. The Morgan fingerprint density at radius 3 is 1.65 bits per heavy atom. The number of hydrogen-bond acceptors (Lipinski definition) is 6. The van der Waals surface area contributed by atoms with Crippen molar-refractivity contribution >= 4 is 22.7 Å². The van der Waals surface area contributed by atoms with E-state index in [0.29, 0.717) is 28.4 Å². The maximum atomic E-state index is 13.1. The molecule has 0 saturated carbocycles. The van der Waals surface area contributed by atoms with Crippen LogP contribution in [0, 0.1) is 41.2 Å². The Morgan fingerprint density at radius 1 is 0.792 bits per heavy atom. The molecule has 0 radical (unpaired) electrons. The van der Waals surface area contributed by atoms with Crippen molar-refractivity contribution in [2.45, 2.75) is 33.6 Å². The summed E-state index contributed by atoms with van der Waals surface area (Å²) in [5.41, 5.74) is 9.79. The average Bonchev–Trinajstić information content (AvgIpc) is 3.58. The predicted octanol–water partition coefficient (Wildman–Crippen LogP) is 8.13. The highest BCUT2D eigenvalue weighted by atomic mass is 35.5. The van der Waals surface area contributed by atoms with Crippen molar-refractivity contribution in [1.29, 1.82) is 0 Å². The molecule has 3 N–H and O–H groups in total. The highest BCUT2D eigenvalue weighted by Crippen LogP contribution is 2.19. The summed E-state index contributed by atoms with van der Waals surface area (Å²) in [6.45, 7) is 7.52. The van der Waals surface area contributed by atoms with Crippen LogP contribution in [-0.4, -0.2) is 26.4 Å². The molecule has 0 saturated heterocycles. The monoisotopic (exact) mass is 666 g/mol. The Labute approximate surface area is 283 Å². The third kappa shape index (κ3) is 12.2. The van der Waals surface area contributed by atoms with Crippen molar-refractivity contribution in [3.8, 4) is 35.1 Å². The lowest BCUT2D eigenvalue weighted by molar-refractivity contribution is -0.114. The van der Waals surface area contributed by atoms with Gasteiger partial charge in [0.05, 0.1) is 0 Å². The van der Waals surface area contributed by atoms with Crippen molar-refractivity contribution < 1.29 is 23.3 Å². The molecular weight excluding hydrogens is 634 g/mol. The van der Waals surface area contributed by atoms with Gasteiger partial charge in [-0.1, -0.05) is 73.8 Å². The van der Waals surface area contributed by atoms with Crippen LogP contribution in [-0.2, 0) is 4.79 Å². The molecule has 0 amide bonds. The first-order chi connectivity index (χ1) is 22.9. The number of carbonyl (C=O) groups excluding carboxylic acids is 1. The van der Waals surface area contributed by atoms with Gasteiger partial charge in [-0.25, -0.2) is 8.78 Å². The van der Waals surface area contributed by atoms with E-state index in [9.17, 15) is 13.6 Å². The molecule has 5 rings (SSSR count). The molecule has 5 aromatic rings. The summed E-state index contributed by atoms with van der Waals surface area (Å²) < 4.78 is 31.3. The van der Waals surface area contributed by atoms with E-state index in [2.05, 4.69) is 39.0 Å². The van der Waals surface area contributed by atoms with Crippen molar-refractivity contribution in [2.75, 3.05) is 0 Å². The molecule has 0 aliphatic heterocycles. The van der Waals surface area contributed by atoms with E-state index < -0.39 is 0 Å². The van der Waals surface area contributed by atoms with Gasteiger partial charge in [0.25, 0.3) is 0 Å². The summed E-state index contributed by atoms with van der Waals surface area (Å²) >= 11 is 4.97. The van der Waals surface area contributed by atoms with Gasteiger partial charge in [-0.15, -0.1) is 0 Å². The molecule has 0 spiro atoms. The van der Waals surface area contributed by atoms with E-state index >= 15 is 0 Å². The Morgan fingerprint density at radius 2 is 1.25 bits per heavy atom. The molecule has 0 fully saturated rings. The average molecular weight is 667 g/mol. The lowest BCUT2D eigenvalue weighted by atomic mass is 10.1. The summed E-state index contributed by atoms with van der Waals surface area (Å²) in [5, 5.41) is 15.2. The Hall–Kier alpha value is -5.77. The number of benzene rings is 4. The first-order valence-corrected chi connectivity index (χ1v) is 15.1. The second-order valence-corrected chi connectivity index (χ2v) is 11.1. The van der Waals surface area contributed by atoms with Crippen LogP contribution in [0.4, 0.5) is 8.78 Å². The summed E-state index contributed by atoms with van der Waals surface area (Å²) in [6.07, 6.45) is 0. The van der Waals surface area contributed by atoms with Crippen LogP contribution >= 0.6 is 11.6 Å². The van der Waals surface area contributed by atoms with E-state index in [-0.39, 0.29) is 34.5 Å². The number of nitrogens with zero attached hydrogens (tertiary/aromatic N) is 3. The van der Waals surface area contributed by atoms with Crippen LogP contribution in [0.1, 0.15) is 67.3 Å². The van der Waals surface area contributed by atoms with Gasteiger partial charge in [0, 0.05) is 45.2 Å². The van der Waals surface area contributed by atoms with E-state index in [0.717, 1.165) is 16.7 Å². The van der Waals surface area contributed by atoms with Crippen molar-refractivity contribution in [1.82, 2.24) is 10.1 Å². The zero-order chi connectivity index (χ0) is 35.1. The van der Waals surface area contributed by atoms with Gasteiger partial charge in [-0.2, -0.15) is 4.98 Å². The topological polar surface area (TPSA) is 115 Å². The van der Waals surface area contributed by atoms with Crippen LogP contribution in [0.15, 0.2) is 107 Å². The van der Waals surface area contributed by atoms with Crippen LogP contribution in [0.25, 0.3) is 11.4 Å². The highest BCUT2D eigenvalue weighted by Gasteiger charge is 2.11. The smallest absolute Gasteiger partial charge is 0.229 e. The molecule has 10 heteroatoms. The quantitative estimate of drug-likeness (QED) is 0.0500. The van der Waals surface area contributed by atoms with Gasteiger partial charge in [0.15, 0.2) is 5.84 Å². The van der Waals surface area contributed by atoms with Crippen LogP contribution in [0.5, 0.6) is 0 Å². The summed E-state index contributed by atoms with van der Waals surface area (Å²) in [6, 6.07) is 26.8. The summed E-state index contributed by atoms with van der Waals surface area (Å²) in [7, 11) is 0. The fourth-order valence-corrected chi connectivity index (χ4v) is 3.49. The third-order valence-electron chi connectivity index (χ3n) is 6.17. The van der Waals surface area contributed by atoms with Crippen molar-refractivity contribution in [3.05, 3.63) is 142 Å². The standard InChI is InChI=1S/C19H15FN2O.C15H11FN2O.C4H7ClO/c1-13(2)19-21-18(22-23-19)16-10-8-14(9-11-16)6-7-15-4-3-5-17(20)12-15;16-14-3-1-2-12(10-14)5-4-11-6-8-13(9-7-11)15(17)18-19;1-3(2)4(5)6/h3-5,8-13H,1-2H3;1-3,6-10,19H,(H2,17,18);3H,1-2H3. The fourth-order valence-electron chi connectivity index (χ4n) is 3.49. The summed E-state index contributed by atoms with van der Waals surface area (Å²) in [4.78, 5) is 14.3. The molecule has 7 nitrogen and oxygen atoms in total. The number of carbonyl (C=O) groups is 1. The molecule has 0 atom stereocenters. The maximum absolute atomic E-state index is 13.1. The van der Waals surface area contributed by atoms with Gasteiger partial charge in [-0.05, 0) is 96.5 Å². The van der Waals surface area contributed by atoms with E-state index in [1.165, 1.54) is 24.3 Å². The number of amidine groups is 1. The molecule has 0 unspecified atom stereocenters. The van der Waals surface area contributed by atoms with E-state index in [1.807, 2.05) is 38.1 Å². The van der Waals surface area contributed by atoms with Gasteiger partial charge in [-0.3, -0.25) is 4.79 Å². The van der Waals surface area contributed by atoms with Gasteiger partial charge in [0.1, 0.15) is 11.6 Å². The molecule has 4 aromatic carbocycles. The fraction of sp³-hybridized carbons (Fsp3) is 0.158. The third-order valence-corrected chi connectivity index (χ3v) is 6.61. The number of oxime groups is 1. The largest absolute Gasteiger partial charge is 0.409 e. The number of halogens is 3. The number of hydrogen-bond donors (Lipinski definition) is 2. The molecule has 1 heterocycles. The van der Waals surface area contributed by atoms with Crippen LogP contribution in [0.2, 0.25) is 0 Å². The minimum Gasteiger partial charge on any atom is -0.409 e. The molecule has 0 bridgehead atoms. The minimum atomic E-state index is -0.311. The highest BCUT2D eigenvalue weighted by molar-refractivity contribution is 6.63. The zero-order valence-electron chi connectivity index (χ0n) is 26.7. The second kappa shape index (κ2) is 18.4.